The highest BCUT2D eigenvalue weighted by molar-refractivity contribution is 8.00. The van der Waals surface area contributed by atoms with E-state index in [2.05, 4.69) is 35.5 Å². The zero-order valence-electron chi connectivity index (χ0n) is 25.9. The highest BCUT2D eigenvalue weighted by Crippen LogP contribution is 2.43. The van der Waals surface area contributed by atoms with E-state index < -0.39 is 11.4 Å². The Labute approximate surface area is 265 Å². The van der Waals surface area contributed by atoms with Crippen molar-refractivity contribution in [3.63, 3.8) is 0 Å². The Morgan fingerprint density at radius 1 is 1.02 bits per heavy atom. The van der Waals surface area contributed by atoms with Crippen molar-refractivity contribution in [3.8, 4) is 17.2 Å². The third-order valence-corrected chi connectivity index (χ3v) is 8.74. The molecule has 0 aliphatic carbocycles. The Morgan fingerprint density at radius 2 is 1.80 bits per heavy atom. The molecule has 0 amide bonds. The first kappa shape index (κ1) is 30.3. The number of benzene rings is 2. The second-order valence-electron chi connectivity index (χ2n) is 12.7. The molecule has 0 radical (unpaired) electrons. The summed E-state index contributed by atoms with van der Waals surface area (Å²) in [6, 6.07) is 22.0. The summed E-state index contributed by atoms with van der Waals surface area (Å²) < 4.78 is 13.6. The standard InChI is InChI=1S/C35H35N5O4S/c1-34(2,3)45-30-27-16-26(43-20-25-15-14-23-8-6-7-9-28(23)38-25)18-36-31(27)40(29(30)17-35(4,5)33(41)42)19-22-10-12-24(13-11-22)32-39-37-21-44-32/h6-16,18,21H,17,19-20H2,1-5H3,(H,41,42). The van der Waals surface area contributed by atoms with E-state index in [4.69, 9.17) is 19.1 Å². The maximum atomic E-state index is 12.3. The van der Waals surface area contributed by atoms with E-state index in [1.807, 2.05) is 66.7 Å². The number of hydrogen-bond donors (Lipinski definition) is 1. The van der Waals surface area contributed by atoms with Gasteiger partial charge >= 0.3 is 5.97 Å². The van der Waals surface area contributed by atoms with E-state index >= 15 is 0 Å². The number of carbonyl (C=O) groups is 1. The maximum Gasteiger partial charge on any atom is 0.309 e. The van der Waals surface area contributed by atoms with Crippen LogP contribution in [-0.2, 0) is 24.4 Å². The van der Waals surface area contributed by atoms with E-state index in [0.29, 0.717) is 31.2 Å². The zero-order valence-corrected chi connectivity index (χ0v) is 26.8. The van der Waals surface area contributed by atoms with Gasteiger partial charge in [0.25, 0.3) is 0 Å². The SMILES string of the molecule is CC(C)(C)Sc1c(CC(C)(C)C(=O)O)n(Cc2ccc(-c3nnco3)cc2)c2ncc(OCc3ccc4ccccc4n3)cc12. The van der Waals surface area contributed by atoms with Crippen LogP contribution in [0.2, 0.25) is 0 Å². The maximum absolute atomic E-state index is 12.3. The van der Waals surface area contributed by atoms with Crippen LogP contribution in [0.4, 0.5) is 0 Å². The highest BCUT2D eigenvalue weighted by atomic mass is 32.2. The van der Waals surface area contributed by atoms with Crippen molar-refractivity contribution in [2.45, 2.75) is 63.8 Å². The average Bonchev–Trinajstić information content (AvgIpc) is 3.63. The summed E-state index contributed by atoms with van der Waals surface area (Å²) >= 11 is 1.72. The van der Waals surface area contributed by atoms with E-state index in [-0.39, 0.29) is 4.75 Å². The fraction of sp³-hybridized carbons (Fsp3) is 0.286. The first-order valence-corrected chi connectivity index (χ1v) is 15.5. The molecule has 0 fully saturated rings. The molecule has 4 heterocycles. The molecule has 6 aromatic rings. The molecule has 0 unspecified atom stereocenters. The van der Waals surface area contributed by atoms with E-state index in [1.165, 1.54) is 6.39 Å². The Morgan fingerprint density at radius 3 is 2.51 bits per heavy atom. The number of para-hydroxylation sites is 1. The molecular formula is C35H35N5O4S. The van der Waals surface area contributed by atoms with Gasteiger partial charge in [0.15, 0.2) is 0 Å². The van der Waals surface area contributed by atoms with E-state index in [1.54, 1.807) is 31.8 Å². The van der Waals surface area contributed by atoms with Gasteiger partial charge < -0.3 is 18.8 Å². The molecule has 230 valence electrons. The molecule has 0 spiro atoms. The minimum atomic E-state index is -0.998. The third kappa shape index (κ3) is 6.71. The fourth-order valence-electron chi connectivity index (χ4n) is 5.15. The Hall–Kier alpha value is -4.70. The molecule has 0 bridgehead atoms. The lowest BCUT2D eigenvalue weighted by atomic mass is 9.88. The highest BCUT2D eigenvalue weighted by Gasteiger charge is 2.33. The number of aliphatic carboxylic acids is 1. The van der Waals surface area contributed by atoms with Gasteiger partial charge in [-0.25, -0.2) is 9.97 Å². The van der Waals surface area contributed by atoms with Crippen LogP contribution in [0.25, 0.3) is 33.4 Å². The molecule has 0 saturated heterocycles. The van der Waals surface area contributed by atoms with Crippen LogP contribution in [0, 0.1) is 5.41 Å². The normalized spacial score (nSPS) is 12.2. The first-order valence-electron chi connectivity index (χ1n) is 14.7. The number of nitrogens with zero attached hydrogens (tertiary/aromatic N) is 5. The summed E-state index contributed by atoms with van der Waals surface area (Å²) in [4.78, 5) is 23.0. The minimum Gasteiger partial charge on any atom is -0.486 e. The molecule has 0 atom stereocenters. The van der Waals surface area contributed by atoms with Crippen molar-refractivity contribution >= 4 is 39.7 Å². The van der Waals surface area contributed by atoms with Crippen LogP contribution in [-0.4, -0.2) is 40.6 Å². The van der Waals surface area contributed by atoms with Crippen LogP contribution in [0.5, 0.6) is 5.75 Å². The minimum absolute atomic E-state index is 0.140. The smallest absolute Gasteiger partial charge is 0.309 e. The average molecular weight is 622 g/mol. The first-order chi connectivity index (χ1) is 21.5. The number of hydrogen-bond acceptors (Lipinski definition) is 8. The number of carboxylic acids is 1. The van der Waals surface area contributed by atoms with Crippen LogP contribution in [0.15, 0.2) is 88.6 Å². The van der Waals surface area contributed by atoms with Gasteiger partial charge in [0.05, 0.1) is 22.8 Å². The number of pyridine rings is 2. The molecular weight excluding hydrogens is 586 g/mol. The van der Waals surface area contributed by atoms with Crippen LogP contribution < -0.4 is 4.74 Å². The van der Waals surface area contributed by atoms with Crippen molar-refractivity contribution in [1.82, 2.24) is 24.7 Å². The topological polar surface area (TPSA) is 116 Å². The number of rotatable bonds is 10. The molecule has 4 aromatic heterocycles. The van der Waals surface area contributed by atoms with Gasteiger partial charge in [0.1, 0.15) is 18.0 Å². The van der Waals surface area contributed by atoms with Crippen LogP contribution >= 0.6 is 11.8 Å². The van der Waals surface area contributed by atoms with Gasteiger partial charge in [-0.15, -0.1) is 22.0 Å². The Balaban J connectivity index is 1.40. The summed E-state index contributed by atoms with van der Waals surface area (Å²) in [5.74, 6) is 0.224. The molecule has 1 N–H and O–H groups in total. The van der Waals surface area contributed by atoms with E-state index in [9.17, 15) is 9.90 Å². The van der Waals surface area contributed by atoms with Gasteiger partial charge in [0, 0.05) is 44.6 Å². The van der Waals surface area contributed by atoms with Crippen molar-refractivity contribution in [2.75, 3.05) is 0 Å². The van der Waals surface area contributed by atoms with E-state index in [0.717, 1.165) is 49.3 Å². The van der Waals surface area contributed by atoms with Gasteiger partial charge in [0.2, 0.25) is 12.3 Å². The lowest BCUT2D eigenvalue weighted by Gasteiger charge is -2.24. The fourth-order valence-corrected chi connectivity index (χ4v) is 6.32. The Bertz CT molecular complexity index is 1980. The van der Waals surface area contributed by atoms with Gasteiger partial charge in [-0.05, 0) is 49.7 Å². The van der Waals surface area contributed by atoms with Crippen LogP contribution in [0.1, 0.15) is 51.6 Å². The quantitative estimate of drug-likeness (QED) is 0.153. The molecule has 2 aromatic carbocycles. The predicted octanol–water partition coefficient (Wildman–Crippen LogP) is 7.81. The Kier molecular flexibility index (Phi) is 8.09. The van der Waals surface area contributed by atoms with Crippen LogP contribution in [0.3, 0.4) is 0 Å². The lowest BCUT2D eigenvalue weighted by Crippen LogP contribution is -2.28. The number of fused-ring (bicyclic) bond motifs is 2. The second kappa shape index (κ2) is 12.0. The molecule has 0 aliphatic heterocycles. The van der Waals surface area contributed by atoms with Gasteiger partial charge in [-0.3, -0.25) is 4.79 Å². The monoisotopic (exact) mass is 621 g/mol. The second-order valence-corrected chi connectivity index (χ2v) is 14.5. The third-order valence-electron chi connectivity index (χ3n) is 7.47. The zero-order chi connectivity index (χ0) is 31.8. The molecule has 45 heavy (non-hydrogen) atoms. The molecule has 6 rings (SSSR count). The summed E-state index contributed by atoms with van der Waals surface area (Å²) in [6.07, 6.45) is 3.37. The summed E-state index contributed by atoms with van der Waals surface area (Å²) in [6.45, 7) is 10.8. The molecule has 0 saturated carbocycles. The van der Waals surface area contributed by atoms with Crippen molar-refractivity contribution in [3.05, 3.63) is 96.3 Å². The van der Waals surface area contributed by atoms with Crippen molar-refractivity contribution in [2.24, 2.45) is 5.41 Å². The summed E-state index contributed by atoms with van der Waals surface area (Å²) in [7, 11) is 0. The van der Waals surface area contributed by atoms with Gasteiger partial charge in [-0.2, -0.15) is 0 Å². The summed E-state index contributed by atoms with van der Waals surface area (Å²) in [5.41, 5.74) is 4.30. The number of ether oxygens (including phenoxy) is 1. The number of carboxylic acid groups (broad SMARTS) is 1. The van der Waals surface area contributed by atoms with Crippen molar-refractivity contribution in [1.29, 1.82) is 0 Å². The molecule has 10 heteroatoms. The molecule has 9 nitrogen and oxygen atoms in total. The predicted molar refractivity (Wildman–Crippen MR) is 175 cm³/mol. The largest absolute Gasteiger partial charge is 0.486 e. The number of thioether (sulfide) groups is 1. The lowest BCUT2D eigenvalue weighted by molar-refractivity contribution is -0.146. The summed E-state index contributed by atoms with van der Waals surface area (Å²) in [5, 5.41) is 19.9. The van der Waals surface area contributed by atoms with Crippen molar-refractivity contribution < 1.29 is 19.1 Å². The van der Waals surface area contributed by atoms with Gasteiger partial charge in [-0.1, -0.05) is 57.2 Å². The number of aromatic nitrogens is 5. The molecule has 0 aliphatic rings.